The third-order valence-corrected chi connectivity index (χ3v) is 5.60. The molecule has 20 heavy (non-hydrogen) atoms. The molecule has 0 saturated heterocycles. The number of thioether (sulfide) groups is 1. The molecule has 0 heterocycles. The first-order chi connectivity index (χ1) is 9.35. The summed E-state index contributed by atoms with van der Waals surface area (Å²) in [5.41, 5.74) is 5.97. The summed E-state index contributed by atoms with van der Waals surface area (Å²) in [6.45, 7) is 1.59. The Balaban J connectivity index is 3.08. The Kier molecular flexibility index (Phi) is 6.12. The van der Waals surface area contributed by atoms with Crippen molar-refractivity contribution in [3.8, 4) is 5.75 Å². The van der Waals surface area contributed by atoms with Crippen LogP contribution in [0.3, 0.4) is 0 Å². The van der Waals surface area contributed by atoms with Crippen molar-refractivity contribution < 1.29 is 18.3 Å². The Morgan fingerprint density at radius 3 is 2.65 bits per heavy atom. The minimum absolute atomic E-state index is 0.00959. The molecule has 0 bridgehead atoms. The molecule has 0 aromatic heterocycles. The van der Waals surface area contributed by atoms with Gasteiger partial charge in [0, 0.05) is 17.0 Å². The quantitative estimate of drug-likeness (QED) is 0.638. The first-order valence-corrected chi connectivity index (χ1v) is 8.72. The molecular formula is C12H20N2O4S2. The van der Waals surface area contributed by atoms with Gasteiger partial charge < -0.3 is 15.6 Å². The number of hydrogen-bond acceptors (Lipinski definition) is 6. The third kappa shape index (κ3) is 4.02. The molecule has 0 aliphatic rings. The molecule has 0 saturated carbocycles. The first-order valence-electron chi connectivity index (χ1n) is 5.95. The molecule has 1 aromatic rings. The number of nitrogens with two attached hydrogens (primary N) is 1. The molecule has 6 nitrogen and oxygen atoms in total. The van der Waals surface area contributed by atoms with E-state index in [2.05, 4.69) is 4.72 Å². The van der Waals surface area contributed by atoms with Gasteiger partial charge in [0.1, 0.15) is 10.6 Å². The van der Waals surface area contributed by atoms with Crippen LogP contribution in [0.4, 0.5) is 5.69 Å². The van der Waals surface area contributed by atoms with E-state index in [-0.39, 0.29) is 22.5 Å². The summed E-state index contributed by atoms with van der Waals surface area (Å²) in [7, 11) is -2.37. The molecule has 2 atom stereocenters. The van der Waals surface area contributed by atoms with Gasteiger partial charge in [0.25, 0.3) is 0 Å². The molecule has 0 spiro atoms. The van der Waals surface area contributed by atoms with Crippen molar-refractivity contribution in [2.24, 2.45) is 0 Å². The zero-order valence-corrected chi connectivity index (χ0v) is 13.3. The minimum Gasteiger partial charge on any atom is -0.495 e. The number of rotatable bonds is 7. The molecule has 0 radical (unpaired) electrons. The van der Waals surface area contributed by atoms with Crippen LogP contribution in [0.25, 0.3) is 0 Å². The highest BCUT2D eigenvalue weighted by molar-refractivity contribution is 7.99. The number of aliphatic hydroxyl groups excluding tert-OH is 1. The summed E-state index contributed by atoms with van der Waals surface area (Å²) in [6.07, 6.45) is 1.81. The van der Waals surface area contributed by atoms with Gasteiger partial charge >= 0.3 is 0 Å². The fraction of sp³-hybridized carbons (Fsp3) is 0.500. The summed E-state index contributed by atoms with van der Waals surface area (Å²) in [6, 6.07) is 4.00. The van der Waals surface area contributed by atoms with Gasteiger partial charge in [0.15, 0.2) is 0 Å². The maximum absolute atomic E-state index is 12.4. The van der Waals surface area contributed by atoms with Crippen molar-refractivity contribution in [3.63, 3.8) is 0 Å². The maximum Gasteiger partial charge on any atom is 0.244 e. The number of ether oxygens (including phenoxy) is 1. The summed E-state index contributed by atoms with van der Waals surface area (Å²) in [5.74, 6) is 0.226. The van der Waals surface area contributed by atoms with Crippen molar-refractivity contribution in [1.82, 2.24) is 4.72 Å². The summed E-state index contributed by atoms with van der Waals surface area (Å²) < 4.78 is 32.3. The molecule has 0 aliphatic carbocycles. The summed E-state index contributed by atoms with van der Waals surface area (Å²) in [4.78, 5) is -0.00959. The van der Waals surface area contributed by atoms with Crippen LogP contribution in [0.1, 0.15) is 6.92 Å². The van der Waals surface area contributed by atoms with Gasteiger partial charge in [-0.15, -0.1) is 0 Å². The number of hydrogen-bond donors (Lipinski definition) is 3. The number of methoxy groups -OCH3 is 1. The van der Waals surface area contributed by atoms with Crippen molar-refractivity contribution >= 4 is 27.5 Å². The van der Waals surface area contributed by atoms with Crippen LogP contribution in [0.2, 0.25) is 0 Å². The molecular weight excluding hydrogens is 300 g/mol. The Labute approximate surface area is 123 Å². The number of sulfonamides is 1. The van der Waals surface area contributed by atoms with Gasteiger partial charge in [-0.1, -0.05) is 0 Å². The highest BCUT2D eigenvalue weighted by atomic mass is 32.2. The predicted octanol–water partition coefficient (Wildman–Crippen LogP) is 0.668. The number of anilines is 1. The van der Waals surface area contributed by atoms with Crippen LogP contribution in [0.15, 0.2) is 23.1 Å². The Hall–Kier alpha value is -0.960. The van der Waals surface area contributed by atoms with Crippen LogP contribution < -0.4 is 15.2 Å². The van der Waals surface area contributed by atoms with Crippen molar-refractivity contribution in [1.29, 1.82) is 0 Å². The zero-order chi connectivity index (χ0) is 15.3. The largest absolute Gasteiger partial charge is 0.495 e. The fourth-order valence-electron chi connectivity index (χ4n) is 1.72. The lowest BCUT2D eigenvalue weighted by Gasteiger charge is -2.21. The molecule has 2 unspecified atom stereocenters. The average molecular weight is 320 g/mol. The van der Waals surface area contributed by atoms with E-state index in [0.29, 0.717) is 5.69 Å². The number of benzene rings is 1. The molecule has 0 aliphatic heterocycles. The lowest BCUT2D eigenvalue weighted by molar-refractivity contribution is 0.282. The monoisotopic (exact) mass is 320 g/mol. The van der Waals surface area contributed by atoms with Gasteiger partial charge in [-0.2, -0.15) is 11.8 Å². The van der Waals surface area contributed by atoms with E-state index in [1.54, 1.807) is 13.0 Å². The number of nitrogens with one attached hydrogen (secondary N) is 1. The first kappa shape index (κ1) is 17.1. The lowest BCUT2D eigenvalue weighted by atomic mass is 10.3. The van der Waals surface area contributed by atoms with E-state index in [1.807, 2.05) is 6.26 Å². The van der Waals surface area contributed by atoms with Gasteiger partial charge in [-0.3, -0.25) is 0 Å². The van der Waals surface area contributed by atoms with Crippen LogP contribution in [0.5, 0.6) is 5.75 Å². The van der Waals surface area contributed by atoms with E-state index in [1.165, 1.54) is 31.0 Å². The second-order valence-corrected chi connectivity index (χ2v) is 7.04. The maximum atomic E-state index is 12.4. The molecule has 1 rings (SSSR count). The lowest BCUT2D eigenvalue weighted by Crippen LogP contribution is -2.41. The summed E-state index contributed by atoms with van der Waals surface area (Å²) in [5, 5.41) is 8.98. The molecule has 114 valence electrons. The second kappa shape index (κ2) is 7.16. The fourth-order valence-corrected chi connectivity index (χ4v) is 3.92. The van der Waals surface area contributed by atoms with Crippen LogP contribution >= 0.6 is 11.8 Å². The van der Waals surface area contributed by atoms with E-state index in [9.17, 15) is 13.5 Å². The SMILES string of the molecule is COc1ccc(N)cc1S(=O)(=O)NC(C)C(CO)SC. The van der Waals surface area contributed by atoms with E-state index in [4.69, 9.17) is 10.5 Å². The normalized spacial score (nSPS) is 14.8. The molecule has 8 heteroatoms. The van der Waals surface area contributed by atoms with Gasteiger partial charge in [0.05, 0.1) is 13.7 Å². The molecule has 0 amide bonds. The molecule has 0 fully saturated rings. The number of aliphatic hydroxyl groups is 1. The highest BCUT2D eigenvalue weighted by Gasteiger charge is 2.25. The topological polar surface area (TPSA) is 102 Å². The van der Waals surface area contributed by atoms with Crippen molar-refractivity contribution in [2.45, 2.75) is 23.1 Å². The van der Waals surface area contributed by atoms with Crippen molar-refractivity contribution in [3.05, 3.63) is 18.2 Å². The predicted molar refractivity (Wildman–Crippen MR) is 81.6 cm³/mol. The smallest absolute Gasteiger partial charge is 0.244 e. The van der Waals surface area contributed by atoms with E-state index < -0.39 is 16.1 Å². The molecule has 1 aromatic carbocycles. The van der Waals surface area contributed by atoms with Gasteiger partial charge in [-0.05, 0) is 31.4 Å². The van der Waals surface area contributed by atoms with Crippen LogP contribution in [-0.4, -0.2) is 44.8 Å². The number of nitrogen functional groups attached to an aromatic ring is 1. The van der Waals surface area contributed by atoms with E-state index >= 15 is 0 Å². The Morgan fingerprint density at radius 2 is 2.15 bits per heavy atom. The molecule has 4 N–H and O–H groups in total. The van der Waals surface area contributed by atoms with E-state index in [0.717, 1.165) is 0 Å². The van der Waals surface area contributed by atoms with Crippen LogP contribution in [0, 0.1) is 0 Å². The standard InChI is InChI=1S/C12H20N2O4S2/c1-8(11(7-15)19-3)14-20(16,17)12-6-9(13)4-5-10(12)18-2/h4-6,8,11,14-15H,7,13H2,1-3H3. The second-order valence-electron chi connectivity index (χ2n) is 4.28. The van der Waals surface area contributed by atoms with Gasteiger partial charge in [-0.25, -0.2) is 13.1 Å². The Bertz CT molecular complexity index is 544. The summed E-state index contributed by atoms with van der Waals surface area (Å²) >= 11 is 1.39. The zero-order valence-electron chi connectivity index (χ0n) is 11.7. The van der Waals surface area contributed by atoms with Crippen LogP contribution in [-0.2, 0) is 10.0 Å². The Morgan fingerprint density at radius 1 is 1.50 bits per heavy atom. The third-order valence-electron chi connectivity index (χ3n) is 2.86. The van der Waals surface area contributed by atoms with Gasteiger partial charge in [0.2, 0.25) is 10.0 Å². The average Bonchev–Trinajstić information content (AvgIpc) is 2.39. The van der Waals surface area contributed by atoms with Crippen molar-refractivity contribution in [2.75, 3.05) is 25.7 Å². The highest BCUT2D eigenvalue weighted by Crippen LogP contribution is 2.26. The minimum atomic E-state index is -3.77.